The first kappa shape index (κ1) is 19.2. The minimum atomic E-state index is -3.58. The van der Waals surface area contributed by atoms with Gasteiger partial charge in [0.15, 0.2) is 0 Å². The molecule has 5 nitrogen and oxygen atoms in total. The molecule has 1 aromatic carbocycles. The predicted molar refractivity (Wildman–Crippen MR) is 95.5 cm³/mol. The maximum atomic E-state index is 12.8. The summed E-state index contributed by atoms with van der Waals surface area (Å²) in [6, 6.07) is 6.31. The van der Waals surface area contributed by atoms with E-state index in [0.717, 1.165) is 12.8 Å². The molecule has 134 valence electrons. The lowest BCUT2D eigenvalue weighted by Crippen LogP contribution is -2.39. The zero-order chi connectivity index (χ0) is 17.7. The van der Waals surface area contributed by atoms with Gasteiger partial charge in [0.2, 0.25) is 15.9 Å². The van der Waals surface area contributed by atoms with Crippen molar-refractivity contribution in [2.45, 2.75) is 38.0 Å². The summed E-state index contributed by atoms with van der Waals surface area (Å²) in [5.74, 6) is 0.170. The van der Waals surface area contributed by atoms with Crippen LogP contribution in [0, 0.1) is 5.92 Å². The van der Waals surface area contributed by atoms with Crippen molar-refractivity contribution in [1.82, 2.24) is 9.21 Å². The molecule has 0 aromatic heterocycles. The van der Waals surface area contributed by atoms with Gasteiger partial charge in [0.05, 0.1) is 4.90 Å². The smallest absolute Gasteiger partial charge is 0.243 e. The van der Waals surface area contributed by atoms with Crippen molar-refractivity contribution >= 4 is 27.5 Å². The zero-order valence-electron chi connectivity index (χ0n) is 14.2. The Bertz CT molecular complexity index is 674. The number of hydrogen-bond donors (Lipinski definition) is 0. The van der Waals surface area contributed by atoms with Crippen LogP contribution in [0.3, 0.4) is 0 Å². The molecule has 0 spiro atoms. The molecule has 0 N–H and O–H groups in total. The maximum Gasteiger partial charge on any atom is 0.243 e. The van der Waals surface area contributed by atoms with E-state index in [1.807, 2.05) is 18.7 Å². The van der Waals surface area contributed by atoms with Crippen LogP contribution in [0.1, 0.15) is 33.1 Å². The van der Waals surface area contributed by atoms with Crippen LogP contribution in [0.25, 0.3) is 0 Å². The van der Waals surface area contributed by atoms with Gasteiger partial charge in [0, 0.05) is 37.1 Å². The van der Waals surface area contributed by atoms with Gasteiger partial charge in [-0.05, 0) is 37.5 Å². The number of hydrogen-bond acceptors (Lipinski definition) is 3. The van der Waals surface area contributed by atoms with Gasteiger partial charge in [-0.1, -0.05) is 31.5 Å². The van der Waals surface area contributed by atoms with Crippen molar-refractivity contribution in [3.05, 3.63) is 29.3 Å². The highest BCUT2D eigenvalue weighted by Gasteiger charge is 2.29. The number of carbonyl (C=O) groups is 1. The maximum absolute atomic E-state index is 12.8. The van der Waals surface area contributed by atoms with E-state index in [1.165, 1.54) is 10.4 Å². The molecule has 2 rings (SSSR count). The zero-order valence-corrected chi connectivity index (χ0v) is 15.8. The Morgan fingerprint density at radius 1 is 1.17 bits per heavy atom. The van der Waals surface area contributed by atoms with E-state index >= 15 is 0 Å². The molecule has 0 bridgehead atoms. The number of nitrogens with zero attached hydrogens (tertiary/aromatic N) is 2. The van der Waals surface area contributed by atoms with Crippen LogP contribution in [-0.2, 0) is 14.8 Å². The van der Waals surface area contributed by atoms with Crippen molar-refractivity contribution in [1.29, 1.82) is 0 Å². The van der Waals surface area contributed by atoms with Crippen LogP contribution < -0.4 is 0 Å². The number of sulfonamides is 1. The summed E-state index contributed by atoms with van der Waals surface area (Å²) in [5.41, 5.74) is 0. The van der Waals surface area contributed by atoms with E-state index in [9.17, 15) is 13.2 Å². The Morgan fingerprint density at radius 3 is 2.50 bits per heavy atom. The molecule has 7 heteroatoms. The van der Waals surface area contributed by atoms with E-state index in [1.54, 1.807) is 18.2 Å². The topological polar surface area (TPSA) is 57.7 Å². The van der Waals surface area contributed by atoms with E-state index in [0.29, 0.717) is 37.6 Å². The Hall–Kier alpha value is -1.11. The predicted octanol–water partition coefficient (Wildman–Crippen LogP) is 3.00. The van der Waals surface area contributed by atoms with Gasteiger partial charge in [-0.15, -0.1) is 0 Å². The Kier molecular flexibility index (Phi) is 6.66. The average molecular weight is 373 g/mol. The molecule has 1 saturated heterocycles. The van der Waals surface area contributed by atoms with Crippen molar-refractivity contribution in [3.8, 4) is 0 Å². The highest BCUT2D eigenvalue weighted by atomic mass is 35.5. The molecule has 1 aromatic rings. The average Bonchev–Trinajstić information content (AvgIpc) is 2.82. The summed E-state index contributed by atoms with van der Waals surface area (Å²) >= 11 is 5.92. The molecule has 1 aliphatic rings. The minimum absolute atomic E-state index is 0.0288. The van der Waals surface area contributed by atoms with Gasteiger partial charge in [0.1, 0.15) is 0 Å². The Balaban J connectivity index is 2.11. The normalized spacial score (nSPS) is 17.1. The molecule has 1 fully saturated rings. The summed E-state index contributed by atoms with van der Waals surface area (Å²) in [6.45, 7) is 5.81. The first-order chi connectivity index (χ1) is 11.4. The highest BCUT2D eigenvalue weighted by molar-refractivity contribution is 7.89. The van der Waals surface area contributed by atoms with E-state index in [4.69, 9.17) is 11.6 Å². The monoisotopic (exact) mass is 372 g/mol. The molecule has 0 radical (unpaired) electrons. The first-order valence-electron chi connectivity index (χ1n) is 8.44. The third kappa shape index (κ3) is 4.29. The fraction of sp³-hybridized carbons (Fsp3) is 0.588. The van der Waals surface area contributed by atoms with Crippen LogP contribution in [0.2, 0.25) is 5.02 Å². The molecule has 0 saturated carbocycles. The van der Waals surface area contributed by atoms with Gasteiger partial charge in [0.25, 0.3) is 0 Å². The third-order valence-corrected chi connectivity index (χ3v) is 6.66. The van der Waals surface area contributed by atoms with Crippen molar-refractivity contribution in [3.63, 3.8) is 0 Å². The minimum Gasteiger partial charge on any atom is -0.341 e. The molecule has 24 heavy (non-hydrogen) atoms. The van der Waals surface area contributed by atoms with Crippen LogP contribution in [-0.4, -0.2) is 49.7 Å². The van der Waals surface area contributed by atoms with E-state index < -0.39 is 10.0 Å². The molecule has 0 atom stereocenters. The van der Waals surface area contributed by atoms with Crippen molar-refractivity contribution < 1.29 is 13.2 Å². The fourth-order valence-corrected chi connectivity index (χ4v) is 4.80. The van der Waals surface area contributed by atoms with Crippen LogP contribution in [0.15, 0.2) is 29.2 Å². The summed E-state index contributed by atoms with van der Waals surface area (Å²) in [5, 5.41) is 0.399. The van der Waals surface area contributed by atoms with Gasteiger partial charge in [-0.2, -0.15) is 4.31 Å². The third-order valence-electron chi connectivity index (χ3n) is 4.54. The number of amides is 1. The largest absolute Gasteiger partial charge is 0.341 e. The van der Waals surface area contributed by atoms with Crippen LogP contribution in [0.4, 0.5) is 0 Å². The lowest BCUT2D eigenvalue weighted by atomic mass is 10.0. The SMILES string of the molecule is CCC(CC)C(=O)N1CCCN(S(=O)(=O)c2cccc(Cl)c2)CC1. The molecule has 1 heterocycles. The first-order valence-corrected chi connectivity index (χ1v) is 10.3. The summed E-state index contributed by atoms with van der Waals surface area (Å²) < 4.78 is 27.0. The van der Waals surface area contributed by atoms with E-state index in [-0.39, 0.29) is 16.7 Å². The van der Waals surface area contributed by atoms with Crippen LogP contribution in [0.5, 0.6) is 0 Å². The Labute approximate surface area is 149 Å². The molecule has 1 aliphatic heterocycles. The van der Waals surface area contributed by atoms with E-state index in [2.05, 4.69) is 0 Å². The number of halogens is 1. The summed E-state index contributed by atoms with van der Waals surface area (Å²) in [4.78, 5) is 14.5. The summed E-state index contributed by atoms with van der Waals surface area (Å²) in [7, 11) is -3.58. The Morgan fingerprint density at radius 2 is 1.88 bits per heavy atom. The highest BCUT2D eigenvalue weighted by Crippen LogP contribution is 2.22. The summed E-state index contributed by atoms with van der Waals surface area (Å²) in [6.07, 6.45) is 2.28. The molecule has 1 amide bonds. The fourth-order valence-electron chi connectivity index (χ4n) is 3.03. The second kappa shape index (κ2) is 8.32. The van der Waals surface area contributed by atoms with Gasteiger partial charge < -0.3 is 4.90 Å². The van der Waals surface area contributed by atoms with Crippen molar-refractivity contribution in [2.24, 2.45) is 5.92 Å². The number of rotatable bonds is 5. The van der Waals surface area contributed by atoms with Gasteiger partial charge >= 0.3 is 0 Å². The number of carbonyl (C=O) groups excluding carboxylic acids is 1. The van der Waals surface area contributed by atoms with Crippen LogP contribution >= 0.6 is 11.6 Å². The second-order valence-electron chi connectivity index (χ2n) is 6.05. The lowest BCUT2D eigenvalue weighted by molar-refractivity contribution is -0.135. The molecule has 0 unspecified atom stereocenters. The second-order valence-corrected chi connectivity index (χ2v) is 8.43. The van der Waals surface area contributed by atoms with Crippen molar-refractivity contribution in [2.75, 3.05) is 26.2 Å². The van der Waals surface area contributed by atoms with Gasteiger partial charge in [-0.3, -0.25) is 4.79 Å². The molecular weight excluding hydrogens is 348 g/mol. The lowest BCUT2D eigenvalue weighted by Gasteiger charge is -2.25. The standard InChI is InChI=1S/C17H25ClN2O3S/c1-3-14(4-2)17(21)19-9-6-10-20(12-11-19)24(22,23)16-8-5-7-15(18)13-16/h5,7-8,13-14H,3-4,6,9-12H2,1-2H3. The van der Waals surface area contributed by atoms with Gasteiger partial charge in [-0.25, -0.2) is 8.42 Å². The number of benzene rings is 1. The quantitative estimate of drug-likeness (QED) is 0.798. The molecular formula is C17H25ClN2O3S. The molecule has 0 aliphatic carbocycles.